The Balaban J connectivity index is 1.59. The number of rotatable bonds is 6. The van der Waals surface area contributed by atoms with Crippen molar-refractivity contribution in [1.29, 1.82) is 0 Å². The lowest BCUT2D eigenvalue weighted by Crippen LogP contribution is -2.60. The van der Waals surface area contributed by atoms with Gasteiger partial charge in [-0.05, 0) is 74.0 Å². The molecule has 0 saturated carbocycles. The number of carbonyl (C=O) groups excluding carboxylic acids is 2. The smallest absolute Gasteiger partial charge is 0.416 e. The van der Waals surface area contributed by atoms with Gasteiger partial charge in [-0.15, -0.1) is 0 Å². The predicted octanol–water partition coefficient (Wildman–Crippen LogP) is 7.50. The third kappa shape index (κ3) is 6.93. The van der Waals surface area contributed by atoms with Crippen LogP contribution in [0.2, 0.25) is 5.02 Å². The molecular weight excluding hydrogens is 626 g/mol. The zero-order valence-electron chi connectivity index (χ0n) is 22.6. The maximum atomic E-state index is 14.0. The van der Waals surface area contributed by atoms with E-state index in [-0.39, 0.29) is 26.9 Å². The molecule has 0 spiro atoms. The summed E-state index contributed by atoms with van der Waals surface area (Å²) < 4.78 is 83.8. The van der Waals surface area contributed by atoms with E-state index >= 15 is 0 Å². The molecule has 16 heteroatoms. The highest BCUT2D eigenvalue weighted by Crippen LogP contribution is 2.37. The molecule has 0 aliphatic carbocycles. The van der Waals surface area contributed by atoms with Gasteiger partial charge in [-0.3, -0.25) is 24.1 Å². The Morgan fingerprint density at radius 1 is 1.09 bits per heavy atom. The van der Waals surface area contributed by atoms with Crippen molar-refractivity contribution in [3.8, 4) is 0 Å². The van der Waals surface area contributed by atoms with Crippen molar-refractivity contribution in [2.75, 3.05) is 6.54 Å². The molecular formula is C27H23ClF6N4O4S. The fourth-order valence-corrected chi connectivity index (χ4v) is 5.65. The van der Waals surface area contributed by atoms with Gasteiger partial charge in [-0.1, -0.05) is 23.7 Å². The Bertz CT molecular complexity index is 1630. The molecule has 1 aliphatic heterocycles. The monoisotopic (exact) mass is 648 g/mol. The van der Waals surface area contributed by atoms with Crippen molar-refractivity contribution < 1.29 is 45.8 Å². The number of alkyl halides is 6. The quantitative estimate of drug-likeness (QED) is 0.220. The van der Waals surface area contributed by atoms with Gasteiger partial charge < -0.3 is 5.11 Å². The summed E-state index contributed by atoms with van der Waals surface area (Å²) in [7, 11) is 0. The Kier molecular flexibility index (Phi) is 8.55. The molecule has 3 aromatic rings. The highest BCUT2D eigenvalue weighted by molar-refractivity contribution is 8.18. The second-order valence-corrected chi connectivity index (χ2v) is 12.0. The van der Waals surface area contributed by atoms with Crippen LogP contribution in [0.15, 0.2) is 47.5 Å². The van der Waals surface area contributed by atoms with Gasteiger partial charge in [0.25, 0.3) is 11.1 Å². The van der Waals surface area contributed by atoms with Crippen molar-refractivity contribution in [3.63, 3.8) is 0 Å². The van der Waals surface area contributed by atoms with E-state index in [9.17, 15) is 45.8 Å². The van der Waals surface area contributed by atoms with E-state index in [0.29, 0.717) is 33.1 Å². The summed E-state index contributed by atoms with van der Waals surface area (Å²) in [5, 5.41) is 13.1. The Labute approximate surface area is 249 Å². The molecule has 1 atom stereocenters. The van der Waals surface area contributed by atoms with Gasteiger partial charge in [-0.25, -0.2) is 4.79 Å². The largest absolute Gasteiger partial charge is 0.465 e. The lowest BCUT2D eigenvalue weighted by atomic mass is 10.0. The van der Waals surface area contributed by atoms with E-state index in [0.717, 1.165) is 6.07 Å². The number of benzene rings is 2. The number of carboxylic acid groups (broad SMARTS) is 1. The van der Waals surface area contributed by atoms with E-state index in [4.69, 9.17) is 11.6 Å². The number of imide groups is 1. The van der Waals surface area contributed by atoms with E-state index < -0.39 is 53.3 Å². The number of thioether (sulfide) groups is 1. The average molecular weight is 649 g/mol. The maximum absolute atomic E-state index is 14.0. The van der Waals surface area contributed by atoms with Gasteiger partial charge in [0.15, 0.2) is 0 Å². The zero-order valence-corrected chi connectivity index (χ0v) is 24.2. The SMILES string of the molecule is CC(C)(C)N(C(=O)O)C(CN1C(=O)S/C(=C\c2ccc3c(cnn3Cc3ccc(Cl)cc3C(F)(F)F)c2)C1=O)C(F)(F)F. The number of hydrogen-bond acceptors (Lipinski definition) is 5. The molecule has 43 heavy (non-hydrogen) atoms. The van der Waals surface area contributed by atoms with Crippen LogP contribution in [0.1, 0.15) is 37.5 Å². The first-order valence-electron chi connectivity index (χ1n) is 12.4. The van der Waals surface area contributed by atoms with E-state index in [2.05, 4.69) is 5.10 Å². The number of fused-ring (bicyclic) bond motifs is 1. The van der Waals surface area contributed by atoms with Crippen LogP contribution in [0.3, 0.4) is 0 Å². The van der Waals surface area contributed by atoms with Crippen molar-refractivity contribution in [2.24, 2.45) is 0 Å². The zero-order chi connectivity index (χ0) is 32.1. The fraction of sp³-hybridized carbons (Fsp3) is 0.333. The number of hydrogen-bond donors (Lipinski definition) is 1. The van der Waals surface area contributed by atoms with Crippen LogP contribution < -0.4 is 0 Å². The van der Waals surface area contributed by atoms with Gasteiger partial charge >= 0.3 is 18.4 Å². The summed E-state index contributed by atoms with van der Waals surface area (Å²) in [6.45, 7) is 2.32. The van der Waals surface area contributed by atoms with Gasteiger partial charge in [0.1, 0.15) is 6.04 Å². The second-order valence-electron chi connectivity index (χ2n) is 10.6. The highest BCUT2D eigenvalue weighted by atomic mass is 35.5. The molecule has 3 amide bonds. The maximum Gasteiger partial charge on any atom is 0.416 e. The van der Waals surface area contributed by atoms with E-state index in [1.54, 1.807) is 6.07 Å². The molecule has 1 unspecified atom stereocenters. The van der Waals surface area contributed by atoms with Gasteiger partial charge in [0.05, 0.1) is 35.3 Å². The summed E-state index contributed by atoms with van der Waals surface area (Å²) in [6.07, 6.45) is -8.91. The van der Waals surface area contributed by atoms with Gasteiger partial charge in [0.2, 0.25) is 0 Å². The lowest BCUT2D eigenvalue weighted by molar-refractivity contribution is -0.191. The Morgan fingerprint density at radius 2 is 1.77 bits per heavy atom. The molecule has 2 heterocycles. The minimum atomic E-state index is -5.08. The fourth-order valence-electron chi connectivity index (χ4n) is 4.63. The second kappa shape index (κ2) is 11.4. The third-order valence-corrected chi connectivity index (χ3v) is 7.65. The molecule has 0 radical (unpaired) electrons. The molecule has 1 N–H and O–H groups in total. The number of nitrogens with zero attached hydrogens (tertiary/aromatic N) is 4. The molecule has 1 saturated heterocycles. The molecule has 1 aliphatic rings. The van der Waals surface area contributed by atoms with Crippen LogP contribution >= 0.6 is 23.4 Å². The number of halogens is 7. The summed E-state index contributed by atoms with van der Waals surface area (Å²) in [6, 6.07) is 5.34. The molecule has 1 fully saturated rings. The Hall–Kier alpha value is -3.72. The molecule has 8 nitrogen and oxygen atoms in total. The summed E-state index contributed by atoms with van der Waals surface area (Å²) >= 11 is 6.15. The minimum absolute atomic E-state index is 0.0651. The third-order valence-electron chi connectivity index (χ3n) is 6.51. The highest BCUT2D eigenvalue weighted by Gasteiger charge is 2.52. The minimum Gasteiger partial charge on any atom is -0.465 e. The van der Waals surface area contributed by atoms with Crippen LogP contribution in [0.25, 0.3) is 17.0 Å². The van der Waals surface area contributed by atoms with Crippen LogP contribution in [-0.2, 0) is 17.5 Å². The number of amides is 3. The molecule has 0 bridgehead atoms. The van der Waals surface area contributed by atoms with Crippen molar-refractivity contribution in [1.82, 2.24) is 19.6 Å². The first-order valence-corrected chi connectivity index (χ1v) is 13.6. The standard InChI is InChI=1S/C27H23ClF6N4O4S/c1-25(2,3)38(23(40)41)21(27(32,33)34)13-36-22(39)20(43-24(36)42)9-14-4-7-19-16(8-14)11-35-37(19)12-15-5-6-17(28)10-18(15)26(29,30)31/h4-11,21H,12-13H2,1-3H3,(H,40,41)/b20-9-. The first-order chi connectivity index (χ1) is 19.8. The Morgan fingerprint density at radius 3 is 2.35 bits per heavy atom. The van der Waals surface area contributed by atoms with Crippen molar-refractivity contribution >= 4 is 57.6 Å². The average Bonchev–Trinajstić information content (AvgIpc) is 3.37. The van der Waals surface area contributed by atoms with Crippen molar-refractivity contribution in [3.05, 3.63) is 69.2 Å². The van der Waals surface area contributed by atoms with Crippen LogP contribution in [0.5, 0.6) is 0 Å². The van der Waals surface area contributed by atoms with E-state index in [1.165, 1.54) is 62.0 Å². The van der Waals surface area contributed by atoms with E-state index in [1.807, 2.05) is 0 Å². The summed E-state index contributed by atoms with van der Waals surface area (Å²) in [5.41, 5.74) is -1.64. The van der Waals surface area contributed by atoms with Crippen LogP contribution in [-0.4, -0.2) is 66.2 Å². The molecule has 1 aromatic heterocycles. The first kappa shape index (κ1) is 32.2. The molecule has 2 aromatic carbocycles. The number of carbonyl (C=O) groups is 3. The molecule has 230 valence electrons. The van der Waals surface area contributed by atoms with Gasteiger partial charge in [0, 0.05) is 15.9 Å². The normalized spacial score (nSPS) is 16.4. The van der Waals surface area contributed by atoms with Crippen molar-refractivity contribution in [2.45, 2.75) is 51.2 Å². The van der Waals surface area contributed by atoms with Crippen LogP contribution in [0.4, 0.5) is 35.9 Å². The summed E-state index contributed by atoms with van der Waals surface area (Å²) in [5.74, 6) is -1.03. The summed E-state index contributed by atoms with van der Waals surface area (Å²) in [4.78, 5) is 37.6. The lowest BCUT2D eigenvalue weighted by Gasteiger charge is -2.41. The molecule has 4 rings (SSSR count). The van der Waals surface area contributed by atoms with Crippen LogP contribution in [0, 0.1) is 0 Å². The number of aromatic nitrogens is 2. The predicted molar refractivity (Wildman–Crippen MR) is 147 cm³/mol. The van der Waals surface area contributed by atoms with Gasteiger partial charge in [-0.2, -0.15) is 31.4 Å². The topological polar surface area (TPSA) is 95.7 Å².